The van der Waals surface area contributed by atoms with E-state index in [4.69, 9.17) is 9.52 Å². The molecule has 0 radical (unpaired) electrons. The highest BCUT2D eigenvalue weighted by atomic mass is 32.2. The molecule has 0 aliphatic rings. The van der Waals surface area contributed by atoms with Gasteiger partial charge in [-0.1, -0.05) is 38.1 Å². The monoisotopic (exact) mass is 293 g/mol. The summed E-state index contributed by atoms with van der Waals surface area (Å²) in [7, 11) is -1.02. The molecule has 0 saturated carbocycles. The fourth-order valence-electron chi connectivity index (χ4n) is 1.99. The van der Waals surface area contributed by atoms with E-state index in [2.05, 4.69) is 4.98 Å². The van der Waals surface area contributed by atoms with Crippen molar-refractivity contribution in [3.63, 3.8) is 0 Å². The van der Waals surface area contributed by atoms with Crippen LogP contribution in [0.2, 0.25) is 0 Å². The summed E-state index contributed by atoms with van der Waals surface area (Å²) < 4.78 is 17.5. The summed E-state index contributed by atoms with van der Waals surface area (Å²) in [6.07, 6.45) is 1.41. The lowest BCUT2D eigenvalue weighted by atomic mass is 10.1. The molecule has 5 heteroatoms. The molecule has 0 fully saturated rings. The zero-order chi connectivity index (χ0) is 14.5. The summed E-state index contributed by atoms with van der Waals surface area (Å²) >= 11 is 0. The van der Waals surface area contributed by atoms with Gasteiger partial charge in [0.2, 0.25) is 0 Å². The van der Waals surface area contributed by atoms with Crippen LogP contribution in [0.25, 0.3) is 0 Å². The van der Waals surface area contributed by atoms with Crippen LogP contribution in [-0.2, 0) is 28.9 Å². The van der Waals surface area contributed by atoms with Gasteiger partial charge in [0.05, 0.1) is 18.1 Å². The maximum Gasteiger partial charge on any atom is 0.181 e. The molecule has 4 nitrogen and oxygen atoms in total. The molecule has 0 aliphatic heterocycles. The summed E-state index contributed by atoms with van der Waals surface area (Å²) in [4.78, 5) is 4.15. The van der Waals surface area contributed by atoms with E-state index < -0.39 is 10.8 Å². The fraction of sp³-hybridized carbons (Fsp3) is 0.400. The Bertz CT molecular complexity index is 575. The number of aliphatic hydroxyl groups excluding tert-OH is 1. The highest BCUT2D eigenvalue weighted by Gasteiger charge is 2.14. The van der Waals surface area contributed by atoms with E-state index in [0.29, 0.717) is 11.5 Å². The Labute approximate surface area is 121 Å². The van der Waals surface area contributed by atoms with Gasteiger partial charge in [0.25, 0.3) is 0 Å². The fourth-order valence-corrected chi connectivity index (χ4v) is 3.17. The molecular formula is C15H19NO3S. The minimum absolute atomic E-state index is 0.0278. The second-order valence-electron chi connectivity index (χ2n) is 5.02. The van der Waals surface area contributed by atoms with E-state index >= 15 is 0 Å². The SMILES string of the molecule is CC(C)c1ocnc1CS(=O)Cc1ccc(CO)cc1. The highest BCUT2D eigenvalue weighted by Crippen LogP contribution is 2.20. The molecule has 0 saturated heterocycles. The first kappa shape index (κ1) is 14.9. The predicted molar refractivity (Wildman–Crippen MR) is 78.5 cm³/mol. The van der Waals surface area contributed by atoms with Crippen LogP contribution >= 0.6 is 0 Å². The van der Waals surface area contributed by atoms with Crippen LogP contribution in [0.15, 0.2) is 35.1 Å². The summed E-state index contributed by atoms with van der Waals surface area (Å²) in [5.41, 5.74) is 2.64. The van der Waals surface area contributed by atoms with Gasteiger partial charge < -0.3 is 9.52 Å². The van der Waals surface area contributed by atoms with E-state index in [0.717, 1.165) is 22.6 Å². The molecule has 0 aliphatic carbocycles. The molecule has 2 rings (SSSR count). The van der Waals surface area contributed by atoms with Gasteiger partial charge in [-0.05, 0) is 11.1 Å². The van der Waals surface area contributed by atoms with Crippen molar-refractivity contribution >= 4 is 10.8 Å². The Hall–Kier alpha value is -1.46. The van der Waals surface area contributed by atoms with Gasteiger partial charge in [0, 0.05) is 22.5 Å². The number of benzene rings is 1. The third-order valence-electron chi connectivity index (χ3n) is 3.03. The molecule has 0 spiro atoms. The first-order valence-corrected chi connectivity index (χ1v) is 8.05. The van der Waals surface area contributed by atoms with Gasteiger partial charge in [-0.2, -0.15) is 0 Å². The predicted octanol–water partition coefficient (Wildman–Crippen LogP) is 2.74. The highest BCUT2D eigenvalue weighted by molar-refractivity contribution is 7.83. The number of hydrogen-bond acceptors (Lipinski definition) is 4. The number of nitrogens with zero attached hydrogens (tertiary/aromatic N) is 1. The molecule has 2 aromatic rings. The third-order valence-corrected chi connectivity index (χ3v) is 4.28. The molecule has 1 aromatic heterocycles. The number of hydrogen-bond donors (Lipinski definition) is 1. The van der Waals surface area contributed by atoms with Crippen molar-refractivity contribution in [3.8, 4) is 0 Å². The van der Waals surface area contributed by atoms with E-state index in [1.54, 1.807) is 0 Å². The van der Waals surface area contributed by atoms with Crippen molar-refractivity contribution in [2.45, 2.75) is 37.9 Å². The Balaban J connectivity index is 1.99. The Morgan fingerprint density at radius 3 is 2.45 bits per heavy atom. The van der Waals surface area contributed by atoms with Crippen LogP contribution in [0.5, 0.6) is 0 Å². The molecule has 0 bridgehead atoms. The molecule has 1 unspecified atom stereocenters. The topological polar surface area (TPSA) is 63.3 Å². The van der Waals surface area contributed by atoms with Crippen LogP contribution in [0, 0.1) is 0 Å². The molecule has 1 heterocycles. The lowest BCUT2D eigenvalue weighted by Gasteiger charge is -2.05. The quantitative estimate of drug-likeness (QED) is 0.889. The number of aliphatic hydroxyl groups is 1. The van der Waals surface area contributed by atoms with Crippen molar-refractivity contribution in [2.24, 2.45) is 0 Å². The van der Waals surface area contributed by atoms with Crippen molar-refractivity contribution in [2.75, 3.05) is 0 Å². The smallest absolute Gasteiger partial charge is 0.181 e. The summed E-state index contributed by atoms with van der Waals surface area (Å²) in [5, 5.41) is 8.99. The second-order valence-corrected chi connectivity index (χ2v) is 6.48. The average Bonchev–Trinajstić information content (AvgIpc) is 2.87. The number of rotatable bonds is 6. The summed E-state index contributed by atoms with van der Waals surface area (Å²) in [6.45, 7) is 4.08. The lowest BCUT2D eigenvalue weighted by molar-refractivity contribution is 0.282. The molecule has 1 aromatic carbocycles. The maximum absolute atomic E-state index is 12.2. The van der Waals surface area contributed by atoms with E-state index in [1.807, 2.05) is 38.1 Å². The zero-order valence-electron chi connectivity index (χ0n) is 11.7. The van der Waals surface area contributed by atoms with Crippen LogP contribution in [0.3, 0.4) is 0 Å². The van der Waals surface area contributed by atoms with Crippen LogP contribution in [0.1, 0.15) is 42.3 Å². The molecule has 20 heavy (non-hydrogen) atoms. The molecule has 0 amide bonds. The van der Waals surface area contributed by atoms with Crippen molar-refractivity contribution in [3.05, 3.63) is 53.2 Å². The van der Waals surface area contributed by atoms with Gasteiger partial charge in [0.1, 0.15) is 5.76 Å². The zero-order valence-corrected chi connectivity index (χ0v) is 12.5. The third kappa shape index (κ3) is 3.77. The second kappa shape index (κ2) is 6.81. The van der Waals surface area contributed by atoms with E-state index in [9.17, 15) is 4.21 Å². The van der Waals surface area contributed by atoms with Gasteiger partial charge in [0.15, 0.2) is 6.39 Å². The summed E-state index contributed by atoms with van der Waals surface area (Å²) in [5.74, 6) is 1.95. The lowest BCUT2D eigenvalue weighted by Crippen LogP contribution is -2.03. The van der Waals surface area contributed by atoms with Gasteiger partial charge >= 0.3 is 0 Å². The van der Waals surface area contributed by atoms with E-state index in [-0.39, 0.29) is 12.5 Å². The Morgan fingerprint density at radius 1 is 1.20 bits per heavy atom. The van der Waals surface area contributed by atoms with Gasteiger partial charge in [-0.3, -0.25) is 4.21 Å². The van der Waals surface area contributed by atoms with Crippen LogP contribution in [-0.4, -0.2) is 14.3 Å². The average molecular weight is 293 g/mol. The Morgan fingerprint density at radius 2 is 1.85 bits per heavy atom. The minimum atomic E-state index is -1.02. The normalized spacial score (nSPS) is 12.8. The minimum Gasteiger partial charge on any atom is -0.448 e. The maximum atomic E-state index is 12.2. The number of oxazole rings is 1. The number of aromatic nitrogens is 1. The first-order chi connectivity index (χ1) is 9.60. The van der Waals surface area contributed by atoms with Crippen molar-refractivity contribution in [1.82, 2.24) is 4.98 Å². The first-order valence-electron chi connectivity index (χ1n) is 6.56. The van der Waals surface area contributed by atoms with Crippen LogP contribution in [0.4, 0.5) is 0 Å². The van der Waals surface area contributed by atoms with Gasteiger partial charge in [-0.25, -0.2) is 4.98 Å². The largest absolute Gasteiger partial charge is 0.448 e. The molecule has 108 valence electrons. The molecule has 1 atom stereocenters. The van der Waals surface area contributed by atoms with Gasteiger partial charge in [-0.15, -0.1) is 0 Å². The Kier molecular flexibility index (Phi) is 5.09. The van der Waals surface area contributed by atoms with Crippen molar-refractivity contribution < 1.29 is 13.7 Å². The van der Waals surface area contributed by atoms with Crippen LogP contribution < -0.4 is 0 Å². The van der Waals surface area contributed by atoms with E-state index in [1.165, 1.54) is 6.39 Å². The van der Waals surface area contributed by atoms with Crippen molar-refractivity contribution in [1.29, 1.82) is 0 Å². The summed E-state index contributed by atoms with van der Waals surface area (Å²) in [6, 6.07) is 7.50. The molecular weight excluding hydrogens is 274 g/mol. The molecule has 1 N–H and O–H groups in total. The standard InChI is InChI=1S/C15H19NO3S/c1-11(2)15-14(16-10-19-15)9-20(18)8-13-5-3-12(7-17)4-6-13/h3-6,10-11,17H,7-9H2,1-2H3.